The highest BCUT2D eigenvalue weighted by molar-refractivity contribution is 6.56. The summed E-state index contributed by atoms with van der Waals surface area (Å²) < 4.78 is 0. The van der Waals surface area contributed by atoms with Crippen molar-refractivity contribution in [2.45, 2.75) is 0 Å². The Hall–Kier alpha value is -1.42. The van der Waals surface area contributed by atoms with Crippen molar-refractivity contribution in [3.63, 3.8) is 0 Å². The van der Waals surface area contributed by atoms with E-state index in [1.807, 2.05) is 60.7 Å². The molecule has 0 aliphatic carbocycles. The van der Waals surface area contributed by atoms with Crippen LogP contribution in [0.2, 0.25) is 25.1 Å². The Morgan fingerprint density at radius 1 is 0.615 bits per heavy atom. The molecule has 0 amide bonds. The first-order chi connectivity index (χ1) is 12.5. The molecule has 0 fully saturated rings. The van der Waals surface area contributed by atoms with Crippen LogP contribution in [0.25, 0.3) is 0 Å². The number of aliphatic imine (C=N–C) groups is 1. The zero-order valence-electron chi connectivity index (χ0n) is 13.1. The van der Waals surface area contributed by atoms with Gasteiger partial charge in [-0.2, -0.15) is 0 Å². The van der Waals surface area contributed by atoms with Crippen molar-refractivity contribution in [2.75, 3.05) is 5.32 Å². The van der Waals surface area contributed by atoms with E-state index in [1.165, 1.54) is 0 Å². The lowest BCUT2D eigenvalue weighted by molar-refractivity contribution is 1.46. The van der Waals surface area contributed by atoms with Crippen LogP contribution in [0.5, 0.6) is 0 Å². The van der Waals surface area contributed by atoms with E-state index in [-0.39, 0.29) is 30.8 Å². The minimum absolute atomic E-state index is 0.0968. The van der Waals surface area contributed by atoms with E-state index < -0.39 is 0 Å². The summed E-state index contributed by atoms with van der Waals surface area (Å²) in [4.78, 5) is 4.60. The Kier molecular flexibility index (Phi) is 6.33. The summed E-state index contributed by atoms with van der Waals surface area (Å²) in [6, 6.07) is 19.2. The Labute approximate surface area is 176 Å². The Morgan fingerprint density at radius 3 is 1.62 bits per heavy atom. The van der Waals surface area contributed by atoms with Crippen LogP contribution in [0.4, 0.5) is 11.4 Å². The number of halogens is 5. The van der Waals surface area contributed by atoms with Crippen LogP contribution >= 0.6 is 58.0 Å². The second-order valence-corrected chi connectivity index (χ2v) is 7.13. The van der Waals surface area contributed by atoms with E-state index in [4.69, 9.17) is 58.0 Å². The molecule has 3 rings (SSSR count). The second kappa shape index (κ2) is 8.51. The highest BCUT2D eigenvalue weighted by Crippen LogP contribution is 2.48. The highest BCUT2D eigenvalue weighted by Gasteiger charge is 2.20. The molecule has 26 heavy (non-hydrogen) atoms. The van der Waals surface area contributed by atoms with Gasteiger partial charge in [0, 0.05) is 11.3 Å². The predicted octanol–water partition coefficient (Wildman–Crippen LogP) is 8.14. The molecule has 7 heteroatoms. The first-order valence-corrected chi connectivity index (χ1v) is 9.35. The fourth-order valence-electron chi connectivity index (χ4n) is 2.22. The average molecular weight is 445 g/mol. The third-order valence-electron chi connectivity index (χ3n) is 3.49. The number of rotatable bonds is 3. The molecule has 0 aromatic heterocycles. The summed E-state index contributed by atoms with van der Waals surface area (Å²) >= 11 is 31.0. The van der Waals surface area contributed by atoms with Crippen molar-refractivity contribution in [1.82, 2.24) is 0 Å². The first kappa shape index (κ1) is 19.3. The summed E-state index contributed by atoms with van der Waals surface area (Å²) in [5.74, 6) is 0.537. The number of anilines is 1. The van der Waals surface area contributed by atoms with Crippen molar-refractivity contribution < 1.29 is 0 Å². The van der Waals surface area contributed by atoms with Gasteiger partial charge in [-0.15, -0.1) is 0 Å². The van der Waals surface area contributed by atoms with Gasteiger partial charge in [-0.3, -0.25) is 0 Å². The van der Waals surface area contributed by atoms with E-state index in [0.29, 0.717) is 5.84 Å². The molecule has 0 radical (unpaired) electrons. The third-order valence-corrected chi connectivity index (χ3v) is 5.75. The zero-order chi connectivity index (χ0) is 18.7. The molecule has 0 bridgehead atoms. The van der Waals surface area contributed by atoms with Crippen LogP contribution in [0.1, 0.15) is 5.56 Å². The number of benzene rings is 3. The van der Waals surface area contributed by atoms with Crippen LogP contribution in [-0.2, 0) is 0 Å². The van der Waals surface area contributed by atoms with Gasteiger partial charge >= 0.3 is 0 Å². The lowest BCUT2D eigenvalue weighted by Crippen LogP contribution is -2.13. The van der Waals surface area contributed by atoms with Gasteiger partial charge in [-0.25, -0.2) is 4.99 Å². The smallest absolute Gasteiger partial charge is 0.138 e. The maximum absolute atomic E-state index is 6.32. The molecule has 3 aromatic carbocycles. The Morgan fingerprint density at radius 2 is 1.08 bits per heavy atom. The minimum atomic E-state index is 0.0968. The van der Waals surface area contributed by atoms with Gasteiger partial charge < -0.3 is 5.32 Å². The molecule has 0 saturated carbocycles. The lowest BCUT2D eigenvalue weighted by Gasteiger charge is -2.13. The molecule has 0 unspecified atom stereocenters. The standard InChI is InChI=1S/C19H11Cl5N2/c20-13-14(21)16(23)18(17(24)15(13)22)26-19(11-7-3-1-4-8-11)25-12-9-5-2-6-10-12/h1-10H,(H,25,26). The van der Waals surface area contributed by atoms with E-state index in [2.05, 4.69) is 10.3 Å². The summed E-state index contributed by atoms with van der Waals surface area (Å²) in [7, 11) is 0. The predicted molar refractivity (Wildman–Crippen MR) is 114 cm³/mol. The highest BCUT2D eigenvalue weighted by atomic mass is 35.5. The Bertz CT molecular complexity index is 928. The first-order valence-electron chi connectivity index (χ1n) is 7.46. The van der Waals surface area contributed by atoms with E-state index >= 15 is 0 Å². The molecule has 0 aliphatic heterocycles. The molecule has 0 atom stereocenters. The van der Waals surface area contributed by atoms with Crippen LogP contribution in [0.15, 0.2) is 65.7 Å². The van der Waals surface area contributed by atoms with Crippen LogP contribution in [-0.4, -0.2) is 5.84 Å². The summed E-state index contributed by atoms with van der Waals surface area (Å²) in [6.07, 6.45) is 0. The number of para-hydroxylation sites is 1. The van der Waals surface area contributed by atoms with E-state index in [1.54, 1.807) is 0 Å². The summed E-state index contributed by atoms with van der Waals surface area (Å²) in [5, 5.41) is 3.84. The van der Waals surface area contributed by atoms with Gasteiger partial charge in [0.1, 0.15) is 11.5 Å². The largest absolute Gasteiger partial charge is 0.340 e. The number of amidine groups is 1. The van der Waals surface area contributed by atoms with Gasteiger partial charge in [-0.1, -0.05) is 107 Å². The number of nitrogens with zero attached hydrogens (tertiary/aromatic N) is 1. The van der Waals surface area contributed by atoms with Gasteiger partial charge in [0.2, 0.25) is 0 Å². The van der Waals surface area contributed by atoms with E-state index in [0.717, 1.165) is 11.3 Å². The topological polar surface area (TPSA) is 24.4 Å². The van der Waals surface area contributed by atoms with Crippen molar-refractivity contribution >= 4 is 75.2 Å². The van der Waals surface area contributed by atoms with Gasteiger partial charge in [-0.05, 0) is 12.1 Å². The number of hydrogen-bond donors (Lipinski definition) is 1. The molecular weight excluding hydrogens is 433 g/mol. The van der Waals surface area contributed by atoms with E-state index in [9.17, 15) is 0 Å². The van der Waals surface area contributed by atoms with Crippen molar-refractivity contribution in [3.05, 3.63) is 91.3 Å². The van der Waals surface area contributed by atoms with Crippen molar-refractivity contribution in [2.24, 2.45) is 4.99 Å². The molecule has 3 aromatic rings. The van der Waals surface area contributed by atoms with Gasteiger partial charge in [0.15, 0.2) is 0 Å². The van der Waals surface area contributed by atoms with Crippen LogP contribution < -0.4 is 5.32 Å². The molecule has 0 spiro atoms. The van der Waals surface area contributed by atoms with Gasteiger partial charge in [0.05, 0.1) is 25.1 Å². The monoisotopic (exact) mass is 442 g/mol. The second-order valence-electron chi connectivity index (χ2n) is 5.24. The average Bonchev–Trinajstić information content (AvgIpc) is 2.68. The molecular formula is C19H11Cl5N2. The Balaban J connectivity index is 2.17. The molecule has 2 nitrogen and oxygen atoms in total. The zero-order valence-corrected chi connectivity index (χ0v) is 16.9. The molecule has 1 N–H and O–H groups in total. The molecule has 132 valence electrons. The van der Waals surface area contributed by atoms with Crippen LogP contribution in [0.3, 0.4) is 0 Å². The summed E-state index contributed by atoms with van der Waals surface area (Å²) in [6.45, 7) is 0. The number of hydrogen-bond acceptors (Lipinski definition) is 1. The van der Waals surface area contributed by atoms with Crippen LogP contribution in [0, 0.1) is 0 Å². The maximum atomic E-state index is 6.32. The van der Waals surface area contributed by atoms with Crippen molar-refractivity contribution in [1.29, 1.82) is 0 Å². The molecule has 0 saturated heterocycles. The molecule has 0 heterocycles. The summed E-state index contributed by atoms with van der Waals surface area (Å²) in [5.41, 5.74) is 1.94. The van der Waals surface area contributed by atoms with Gasteiger partial charge in [0.25, 0.3) is 0 Å². The van der Waals surface area contributed by atoms with Crippen molar-refractivity contribution in [3.8, 4) is 0 Å². The quantitative estimate of drug-likeness (QED) is 0.187. The third kappa shape index (κ3) is 4.11. The normalized spacial score (nSPS) is 11.5. The maximum Gasteiger partial charge on any atom is 0.138 e. The fourth-order valence-corrected chi connectivity index (χ4v) is 3.44. The fraction of sp³-hybridized carbons (Fsp3) is 0. The molecule has 0 aliphatic rings. The lowest BCUT2D eigenvalue weighted by atomic mass is 10.2. The number of nitrogens with one attached hydrogen (secondary N) is 1. The SMILES string of the molecule is Clc1c(Cl)c(Cl)c(N=C(Nc2ccccc2)c2ccccc2)c(Cl)c1Cl. The minimum Gasteiger partial charge on any atom is -0.340 e.